The van der Waals surface area contributed by atoms with Gasteiger partial charge in [0, 0.05) is 6.20 Å². The Morgan fingerprint density at radius 2 is 2.05 bits per heavy atom. The van der Waals surface area contributed by atoms with Gasteiger partial charge in [-0.05, 0) is 0 Å². The number of halogens is 1. The smallest absolute Gasteiger partial charge is 0.330 e. The van der Waals surface area contributed by atoms with E-state index < -0.39 is 47.2 Å². The van der Waals surface area contributed by atoms with Gasteiger partial charge in [-0.15, -0.1) is 0 Å². The van der Waals surface area contributed by atoms with Crippen LogP contribution in [0.3, 0.4) is 0 Å². The maximum absolute atomic E-state index is 13.1. The van der Waals surface area contributed by atoms with Crippen LogP contribution in [-0.4, -0.2) is 49.8 Å². The highest BCUT2D eigenvalue weighted by molar-refractivity contribution is 5.54. The molecule has 2 heterocycles. The molecule has 110 valence electrons. The van der Waals surface area contributed by atoms with Crippen LogP contribution in [0.5, 0.6) is 0 Å². The Hall–Kier alpha value is -1.81. The molecule has 1 aromatic rings. The van der Waals surface area contributed by atoms with Crippen LogP contribution in [0.25, 0.3) is 5.83 Å². The molecular weight excluding hydrogens is 275 g/mol. The zero-order valence-electron chi connectivity index (χ0n) is 10.2. The third-order valence-electron chi connectivity index (χ3n) is 3.01. The van der Waals surface area contributed by atoms with E-state index in [0.29, 0.717) is 0 Å². The average molecular weight is 288 g/mol. The molecule has 4 atom stereocenters. The van der Waals surface area contributed by atoms with Gasteiger partial charge < -0.3 is 20.1 Å². The van der Waals surface area contributed by atoms with Crippen LogP contribution in [0.2, 0.25) is 0 Å². The van der Waals surface area contributed by atoms with E-state index in [2.05, 4.69) is 6.58 Å². The number of rotatable bonds is 2. The van der Waals surface area contributed by atoms with E-state index in [4.69, 9.17) is 4.74 Å². The molecule has 0 saturated carbocycles. The fraction of sp³-hybridized carbons (Fsp3) is 0.455. The fourth-order valence-corrected chi connectivity index (χ4v) is 1.90. The molecule has 0 aliphatic carbocycles. The number of aromatic amines is 1. The van der Waals surface area contributed by atoms with Crippen LogP contribution in [0.15, 0.2) is 22.4 Å². The first kappa shape index (κ1) is 14.6. The fourth-order valence-electron chi connectivity index (χ4n) is 1.90. The Bertz CT molecular complexity index is 639. The molecule has 2 rings (SSSR count). The Morgan fingerprint density at radius 3 is 2.65 bits per heavy atom. The van der Waals surface area contributed by atoms with Crippen molar-refractivity contribution in [3.8, 4) is 0 Å². The van der Waals surface area contributed by atoms with E-state index in [1.54, 1.807) is 0 Å². The van der Waals surface area contributed by atoms with Gasteiger partial charge in [-0.1, -0.05) is 6.58 Å². The summed E-state index contributed by atoms with van der Waals surface area (Å²) in [6.07, 6.45) is -5.00. The Morgan fingerprint density at radius 1 is 1.40 bits per heavy atom. The predicted molar refractivity (Wildman–Crippen MR) is 64.5 cm³/mol. The van der Waals surface area contributed by atoms with Crippen molar-refractivity contribution in [1.82, 2.24) is 9.55 Å². The number of hydrogen-bond donors (Lipinski definition) is 4. The van der Waals surface area contributed by atoms with Crippen molar-refractivity contribution in [2.24, 2.45) is 0 Å². The highest BCUT2D eigenvalue weighted by Gasteiger charge is 2.39. The quantitative estimate of drug-likeness (QED) is 0.503. The minimum atomic E-state index is -1.62. The average Bonchev–Trinajstić information content (AvgIpc) is 2.37. The molecule has 1 unspecified atom stereocenters. The van der Waals surface area contributed by atoms with E-state index in [-0.39, 0.29) is 6.61 Å². The topological polar surface area (TPSA) is 125 Å². The SMILES string of the molecule is C=C(F)c1cn(C2OC[C@@H](O)[C@@H](O)[C@@H]2O)c(=O)[nH]c1=O. The molecule has 1 aliphatic heterocycles. The van der Waals surface area contributed by atoms with Crippen LogP contribution in [-0.2, 0) is 4.74 Å². The summed E-state index contributed by atoms with van der Waals surface area (Å²) in [5.74, 6) is -1.06. The molecule has 0 bridgehead atoms. The van der Waals surface area contributed by atoms with Crippen molar-refractivity contribution in [3.05, 3.63) is 39.2 Å². The number of hydrogen-bond acceptors (Lipinski definition) is 6. The summed E-state index contributed by atoms with van der Waals surface area (Å²) in [6, 6.07) is 0. The lowest BCUT2D eigenvalue weighted by atomic mass is 10.0. The van der Waals surface area contributed by atoms with E-state index in [1.165, 1.54) is 0 Å². The third-order valence-corrected chi connectivity index (χ3v) is 3.01. The van der Waals surface area contributed by atoms with Gasteiger partial charge in [0.05, 0.1) is 12.2 Å². The molecular formula is C11H13FN2O6. The van der Waals surface area contributed by atoms with E-state index >= 15 is 0 Å². The number of nitrogens with one attached hydrogen (secondary N) is 1. The van der Waals surface area contributed by atoms with Gasteiger partial charge in [-0.2, -0.15) is 0 Å². The van der Waals surface area contributed by atoms with Gasteiger partial charge in [0.25, 0.3) is 5.56 Å². The summed E-state index contributed by atoms with van der Waals surface area (Å²) in [4.78, 5) is 24.9. The second kappa shape index (κ2) is 5.29. The normalized spacial score (nSPS) is 30.2. The summed E-state index contributed by atoms with van der Waals surface area (Å²) in [7, 11) is 0. The summed E-state index contributed by atoms with van der Waals surface area (Å²) in [6.45, 7) is 2.62. The van der Waals surface area contributed by atoms with Gasteiger partial charge in [0.15, 0.2) is 6.23 Å². The van der Waals surface area contributed by atoms with Crippen molar-refractivity contribution in [3.63, 3.8) is 0 Å². The predicted octanol–water partition coefficient (Wildman–Crippen LogP) is -1.91. The Balaban J connectivity index is 2.48. The van der Waals surface area contributed by atoms with Crippen molar-refractivity contribution in [2.45, 2.75) is 24.5 Å². The molecule has 0 radical (unpaired) electrons. The van der Waals surface area contributed by atoms with Crippen LogP contribution in [0, 0.1) is 0 Å². The second-order valence-electron chi connectivity index (χ2n) is 4.39. The van der Waals surface area contributed by atoms with Crippen molar-refractivity contribution >= 4 is 5.83 Å². The number of aliphatic hydroxyl groups is 3. The number of ether oxygens (including phenoxy) is 1. The minimum absolute atomic E-state index is 0.333. The lowest BCUT2D eigenvalue weighted by molar-refractivity contribution is -0.212. The Kier molecular flexibility index (Phi) is 3.86. The zero-order chi connectivity index (χ0) is 15.0. The van der Waals surface area contributed by atoms with E-state index in [1.807, 2.05) is 4.98 Å². The lowest BCUT2D eigenvalue weighted by Gasteiger charge is -2.35. The highest BCUT2D eigenvalue weighted by Crippen LogP contribution is 2.23. The van der Waals surface area contributed by atoms with E-state index in [9.17, 15) is 29.3 Å². The van der Waals surface area contributed by atoms with Crippen molar-refractivity contribution in [1.29, 1.82) is 0 Å². The molecule has 0 spiro atoms. The Labute approximate surface area is 111 Å². The highest BCUT2D eigenvalue weighted by atomic mass is 19.1. The van der Waals surface area contributed by atoms with Crippen LogP contribution in [0.1, 0.15) is 11.8 Å². The first-order chi connectivity index (χ1) is 9.32. The summed E-state index contributed by atoms with van der Waals surface area (Å²) in [5.41, 5.74) is -2.42. The van der Waals surface area contributed by atoms with Gasteiger partial charge in [-0.25, -0.2) is 9.18 Å². The first-order valence-corrected chi connectivity index (χ1v) is 5.69. The number of nitrogens with zero attached hydrogens (tertiary/aromatic N) is 1. The molecule has 9 heteroatoms. The molecule has 4 N–H and O–H groups in total. The number of H-pyrrole nitrogens is 1. The first-order valence-electron chi connectivity index (χ1n) is 5.69. The van der Waals surface area contributed by atoms with Crippen LogP contribution >= 0.6 is 0 Å². The van der Waals surface area contributed by atoms with Gasteiger partial charge >= 0.3 is 5.69 Å². The van der Waals surface area contributed by atoms with Crippen molar-refractivity contribution < 1.29 is 24.4 Å². The monoisotopic (exact) mass is 288 g/mol. The van der Waals surface area contributed by atoms with E-state index in [0.717, 1.165) is 10.8 Å². The molecule has 1 saturated heterocycles. The molecule has 8 nitrogen and oxygen atoms in total. The lowest BCUT2D eigenvalue weighted by Crippen LogP contribution is -2.53. The summed E-state index contributed by atoms with van der Waals surface area (Å²) < 4.78 is 18.9. The molecule has 1 fully saturated rings. The summed E-state index contributed by atoms with van der Waals surface area (Å²) in [5, 5.41) is 28.6. The van der Waals surface area contributed by atoms with Crippen molar-refractivity contribution in [2.75, 3.05) is 6.61 Å². The molecule has 20 heavy (non-hydrogen) atoms. The molecule has 0 aromatic carbocycles. The van der Waals surface area contributed by atoms with Gasteiger partial charge in [0.1, 0.15) is 24.1 Å². The number of aliphatic hydroxyl groups excluding tert-OH is 3. The van der Waals surface area contributed by atoms with Crippen LogP contribution in [0.4, 0.5) is 4.39 Å². The third kappa shape index (κ3) is 2.43. The molecule has 1 aliphatic rings. The zero-order valence-corrected chi connectivity index (χ0v) is 10.2. The second-order valence-corrected chi connectivity index (χ2v) is 4.39. The minimum Gasteiger partial charge on any atom is -0.388 e. The maximum atomic E-state index is 13.1. The molecule has 1 aromatic heterocycles. The standard InChI is InChI=1S/C11H13FN2O6/c1-4(12)5-2-14(11(19)13-9(5)18)10-8(17)7(16)6(15)3-20-10/h2,6-8,10,15-17H,1,3H2,(H,13,18,19)/t6-,7-,8+,10?/m1/s1. The van der Waals surface area contributed by atoms with Crippen LogP contribution < -0.4 is 11.2 Å². The number of aromatic nitrogens is 2. The largest absolute Gasteiger partial charge is 0.388 e. The van der Waals surface area contributed by atoms with Gasteiger partial charge in [-0.3, -0.25) is 14.3 Å². The maximum Gasteiger partial charge on any atom is 0.330 e. The summed E-state index contributed by atoms with van der Waals surface area (Å²) >= 11 is 0. The van der Waals surface area contributed by atoms with Gasteiger partial charge in [0.2, 0.25) is 0 Å². The molecule has 0 amide bonds.